The largest absolute Gasteiger partial charge is 0.376 e. The molecule has 4 bridgehead atoms. The van der Waals surface area contributed by atoms with Gasteiger partial charge < -0.3 is 15.0 Å². The second kappa shape index (κ2) is 7.16. The molecule has 142 valence electrons. The molecule has 5 heteroatoms. The van der Waals surface area contributed by atoms with E-state index in [4.69, 9.17) is 4.74 Å². The van der Waals surface area contributed by atoms with Gasteiger partial charge in [-0.15, -0.1) is 11.3 Å². The Morgan fingerprint density at radius 3 is 2.58 bits per heavy atom. The zero-order chi connectivity index (χ0) is 17.5. The van der Waals surface area contributed by atoms with Gasteiger partial charge in [0.15, 0.2) is 0 Å². The molecule has 6 rings (SSSR count). The molecule has 4 saturated carbocycles. The summed E-state index contributed by atoms with van der Waals surface area (Å²) in [4.78, 5) is 16.5. The monoisotopic (exact) mass is 374 g/mol. The standard InChI is InChI=1S/C21H30N2O2S/c24-21(22-20-16-8-14-7-15(10-16)11-17(20)9-14)23(12-18-3-1-5-25-18)13-19-4-2-6-26-19/h2,4,6,14-18,20H,1,3,5,7-13H2,(H,22,24). The van der Waals surface area contributed by atoms with Crippen LogP contribution in [-0.4, -0.2) is 36.2 Å². The maximum atomic E-state index is 13.2. The third-order valence-corrected chi connectivity index (χ3v) is 8.04. The molecule has 4 aliphatic carbocycles. The average Bonchev–Trinajstić information content (AvgIpc) is 3.30. The first-order valence-corrected chi connectivity index (χ1v) is 11.3. The minimum atomic E-state index is 0.131. The van der Waals surface area contributed by atoms with Gasteiger partial charge in [-0.3, -0.25) is 0 Å². The molecule has 0 aromatic carbocycles. The number of thiophene rings is 1. The molecule has 2 amide bonds. The Hall–Kier alpha value is -1.07. The van der Waals surface area contributed by atoms with Gasteiger partial charge in [-0.2, -0.15) is 0 Å². The number of carbonyl (C=O) groups is 1. The van der Waals surface area contributed by atoms with E-state index >= 15 is 0 Å². The number of hydrogen-bond donors (Lipinski definition) is 1. The lowest BCUT2D eigenvalue weighted by molar-refractivity contribution is -0.0119. The summed E-state index contributed by atoms with van der Waals surface area (Å²) in [7, 11) is 0. The summed E-state index contributed by atoms with van der Waals surface area (Å²) in [5.41, 5.74) is 0. The van der Waals surface area contributed by atoms with E-state index in [-0.39, 0.29) is 12.1 Å². The van der Waals surface area contributed by atoms with Crippen LogP contribution in [0.25, 0.3) is 0 Å². The number of amides is 2. The van der Waals surface area contributed by atoms with Crippen LogP contribution in [-0.2, 0) is 11.3 Å². The first-order chi connectivity index (χ1) is 12.7. The van der Waals surface area contributed by atoms with Crippen LogP contribution in [0, 0.1) is 23.7 Å². The van der Waals surface area contributed by atoms with Crippen LogP contribution in [0.5, 0.6) is 0 Å². The van der Waals surface area contributed by atoms with Crippen molar-refractivity contribution in [3.8, 4) is 0 Å². The van der Waals surface area contributed by atoms with E-state index in [0.29, 0.717) is 12.6 Å². The van der Waals surface area contributed by atoms with E-state index in [0.717, 1.165) is 49.7 Å². The lowest BCUT2D eigenvalue weighted by Gasteiger charge is -2.54. The van der Waals surface area contributed by atoms with E-state index in [1.807, 2.05) is 4.90 Å². The van der Waals surface area contributed by atoms with Crippen LogP contribution in [0.4, 0.5) is 4.79 Å². The molecule has 26 heavy (non-hydrogen) atoms. The Kier molecular flexibility index (Phi) is 4.70. The number of rotatable bonds is 5. The Morgan fingerprint density at radius 2 is 1.96 bits per heavy atom. The van der Waals surface area contributed by atoms with Gasteiger partial charge in [-0.05, 0) is 80.1 Å². The van der Waals surface area contributed by atoms with Crippen LogP contribution in [0.3, 0.4) is 0 Å². The second-order valence-corrected chi connectivity index (χ2v) is 10.0. The van der Waals surface area contributed by atoms with Gasteiger partial charge in [0, 0.05) is 24.1 Å². The van der Waals surface area contributed by atoms with Crippen molar-refractivity contribution in [2.75, 3.05) is 13.2 Å². The maximum absolute atomic E-state index is 13.2. The normalized spacial score (nSPS) is 37.8. The van der Waals surface area contributed by atoms with Crippen molar-refractivity contribution in [1.29, 1.82) is 0 Å². The van der Waals surface area contributed by atoms with E-state index in [2.05, 4.69) is 22.8 Å². The van der Waals surface area contributed by atoms with Crippen molar-refractivity contribution in [3.63, 3.8) is 0 Å². The van der Waals surface area contributed by atoms with Crippen LogP contribution < -0.4 is 5.32 Å². The van der Waals surface area contributed by atoms with Crippen molar-refractivity contribution in [3.05, 3.63) is 22.4 Å². The highest BCUT2D eigenvalue weighted by atomic mass is 32.1. The van der Waals surface area contributed by atoms with Crippen molar-refractivity contribution < 1.29 is 9.53 Å². The van der Waals surface area contributed by atoms with Crippen LogP contribution in [0.1, 0.15) is 49.8 Å². The highest BCUT2D eigenvalue weighted by molar-refractivity contribution is 7.09. The second-order valence-electron chi connectivity index (χ2n) is 9.00. The summed E-state index contributed by atoms with van der Waals surface area (Å²) >= 11 is 1.73. The topological polar surface area (TPSA) is 41.6 Å². The molecule has 1 unspecified atom stereocenters. The minimum absolute atomic E-state index is 0.131. The van der Waals surface area contributed by atoms with Crippen LogP contribution >= 0.6 is 11.3 Å². The smallest absolute Gasteiger partial charge is 0.318 e. The summed E-state index contributed by atoms with van der Waals surface area (Å²) in [5, 5.41) is 5.58. The molecule has 1 atom stereocenters. The van der Waals surface area contributed by atoms with Gasteiger partial charge in [-0.25, -0.2) is 4.79 Å². The molecule has 1 saturated heterocycles. The molecular formula is C21H30N2O2S. The van der Waals surface area contributed by atoms with Crippen molar-refractivity contribution in [2.45, 2.75) is 63.6 Å². The van der Waals surface area contributed by atoms with Crippen LogP contribution in [0.15, 0.2) is 17.5 Å². The maximum Gasteiger partial charge on any atom is 0.318 e. The quantitative estimate of drug-likeness (QED) is 0.836. The molecule has 1 N–H and O–H groups in total. The number of ether oxygens (including phenoxy) is 1. The Morgan fingerprint density at radius 1 is 1.19 bits per heavy atom. The predicted octanol–water partition coefficient (Wildman–Crippen LogP) is 4.26. The third kappa shape index (κ3) is 3.40. The summed E-state index contributed by atoms with van der Waals surface area (Å²) in [6.45, 7) is 2.27. The predicted molar refractivity (Wildman–Crippen MR) is 103 cm³/mol. The Bertz CT molecular complexity index is 598. The lowest BCUT2D eigenvalue weighted by atomic mass is 9.54. The first-order valence-electron chi connectivity index (χ1n) is 10.4. The lowest BCUT2D eigenvalue weighted by Crippen LogP contribution is -2.58. The van der Waals surface area contributed by atoms with Gasteiger partial charge in [0.2, 0.25) is 0 Å². The number of nitrogens with one attached hydrogen (secondary N) is 1. The van der Waals surface area contributed by atoms with Gasteiger partial charge in [0.25, 0.3) is 0 Å². The van der Waals surface area contributed by atoms with Crippen molar-refractivity contribution in [2.24, 2.45) is 23.7 Å². The first kappa shape index (κ1) is 17.1. The zero-order valence-corrected chi connectivity index (χ0v) is 16.3. The fourth-order valence-corrected chi connectivity index (χ4v) is 6.96. The van der Waals surface area contributed by atoms with Gasteiger partial charge >= 0.3 is 6.03 Å². The number of nitrogens with zero attached hydrogens (tertiary/aromatic N) is 1. The highest BCUT2D eigenvalue weighted by Crippen LogP contribution is 2.53. The molecule has 5 aliphatic rings. The van der Waals surface area contributed by atoms with E-state index < -0.39 is 0 Å². The average molecular weight is 375 g/mol. The minimum Gasteiger partial charge on any atom is -0.376 e. The van der Waals surface area contributed by atoms with E-state index in [1.54, 1.807) is 11.3 Å². The summed E-state index contributed by atoms with van der Waals surface area (Å²) in [6, 6.07) is 4.74. The molecule has 1 aromatic heterocycles. The molecule has 5 fully saturated rings. The molecule has 1 aromatic rings. The SMILES string of the molecule is O=C(NC1C2CC3CC(C2)CC1C3)N(Cc1cccs1)CC1CCCO1. The molecule has 0 radical (unpaired) electrons. The fourth-order valence-electron chi connectivity index (χ4n) is 6.24. The van der Waals surface area contributed by atoms with Crippen molar-refractivity contribution >= 4 is 17.4 Å². The Balaban J connectivity index is 1.27. The summed E-state index contributed by atoms with van der Waals surface area (Å²) in [6.07, 6.45) is 9.23. The number of carbonyl (C=O) groups excluding carboxylic acids is 1. The van der Waals surface area contributed by atoms with Gasteiger partial charge in [0.1, 0.15) is 0 Å². The number of urea groups is 1. The van der Waals surface area contributed by atoms with Crippen LogP contribution in [0.2, 0.25) is 0 Å². The third-order valence-electron chi connectivity index (χ3n) is 7.18. The number of hydrogen-bond acceptors (Lipinski definition) is 3. The molecular weight excluding hydrogens is 344 g/mol. The molecule has 0 spiro atoms. The Labute approximate surface area is 160 Å². The molecule has 4 nitrogen and oxygen atoms in total. The highest BCUT2D eigenvalue weighted by Gasteiger charge is 2.48. The van der Waals surface area contributed by atoms with E-state index in [9.17, 15) is 4.79 Å². The van der Waals surface area contributed by atoms with Gasteiger partial charge in [0.05, 0.1) is 12.6 Å². The van der Waals surface area contributed by atoms with Gasteiger partial charge in [-0.1, -0.05) is 6.07 Å². The van der Waals surface area contributed by atoms with E-state index in [1.165, 1.54) is 37.0 Å². The molecule has 2 heterocycles. The summed E-state index contributed by atoms with van der Waals surface area (Å²) in [5.74, 6) is 3.34. The molecule has 1 aliphatic heterocycles. The summed E-state index contributed by atoms with van der Waals surface area (Å²) < 4.78 is 5.82. The zero-order valence-electron chi connectivity index (χ0n) is 15.4. The van der Waals surface area contributed by atoms with Crippen molar-refractivity contribution in [1.82, 2.24) is 10.2 Å². The fraction of sp³-hybridized carbons (Fsp3) is 0.762.